The van der Waals surface area contributed by atoms with Crippen LogP contribution in [-0.4, -0.2) is 22.6 Å². The quantitative estimate of drug-likeness (QED) is 0.614. The van der Waals surface area contributed by atoms with Crippen molar-refractivity contribution in [3.63, 3.8) is 0 Å². The smallest absolute Gasteiger partial charge is 0.331 e. The summed E-state index contributed by atoms with van der Waals surface area (Å²) in [6.07, 6.45) is 9.68. The number of hydrogen-bond donors (Lipinski definition) is 1. The summed E-state index contributed by atoms with van der Waals surface area (Å²) in [5.74, 6) is -0.338. The summed E-state index contributed by atoms with van der Waals surface area (Å²) < 4.78 is 5.52. The number of esters is 1. The van der Waals surface area contributed by atoms with E-state index in [1.165, 1.54) is 19.3 Å². The van der Waals surface area contributed by atoms with Crippen molar-refractivity contribution in [1.82, 2.24) is 0 Å². The number of carbonyl (C=O) groups is 2. The molecule has 1 N–H and O–H groups in total. The van der Waals surface area contributed by atoms with Gasteiger partial charge in [0.2, 0.25) is 0 Å². The molecule has 0 atom stereocenters. The first kappa shape index (κ1) is 14.1. The molecule has 0 saturated heterocycles. The van der Waals surface area contributed by atoms with Crippen molar-refractivity contribution < 1.29 is 19.4 Å². The molecule has 19 heavy (non-hydrogen) atoms. The van der Waals surface area contributed by atoms with E-state index in [2.05, 4.69) is 6.92 Å². The molecule has 0 aromatic heterocycles. The molecule has 2 aliphatic rings. The van der Waals surface area contributed by atoms with Gasteiger partial charge in [0.05, 0.1) is 0 Å². The summed E-state index contributed by atoms with van der Waals surface area (Å²) in [5, 5.41) is 8.49. The van der Waals surface area contributed by atoms with Gasteiger partial charge in [-0.1, -0.05) is 26.2 Å². The van der Waals surface area contributed by atoms with Crippen molar-refractivity contribution in [2.75, 3.05) is 0 Å². The Morgan fingerprint density at radius 1 is 1.21 bits per heavy atom. The average molecular weight is 266 g/mol. The van der Waals surface area contributed by atoms with Crippen molar-refractivity contribution >= 4 is 11.9 Å². The molecule has 0 spiro atoms. The number of carboxylic acid groups (broad SMARTS) is 1. The van der Waals surface area contributed by atoms with Crippen LogP contribution >= 0.6 is 0 Å². The molecule has 4 nitrogen and oxygen atoms in total. The molecule has 0 unspecified atom stereocenters. The Hall–Kier alpha value is -1.32. The second kappa shape index (κ2) is 5.76. The largest absolute Gasteiger partial charge is 0.478 e. The number of carbonyl (C=O) groups excluding carboxylic acids is 1. The van der Waals surface area contributed by atoms with Crippen LogP contribution in [-0.2, 0) is 14.3 Å². The zero-order valence-corrected chi connectivity index (χ0v) is 11.4. The molecule has 2 rings (SSSR count). The van der Waals surface area contributed by atoms with Crippen LogP contribution in [0.4, 0.5) is 0 Å². The lowest BCUT2D eigenvalue weighted by Crippen LogP contribution is -2.31. The van der Waals surface area contributed by atoms with E-state index >= 15 is 0 Å². The van der Waals surface area contributed by atoms with Crippen LogP contribution in [0.25, 0.3) is 0 Å². The Bertz CT molecular complexity index is 374. The van der Waals surface area contributed by atoms with Gasteiger partial charge in [-0.3, -0.25) is 0 Å². The maximum Gasteiger partial charge on any atom is 0.331 e. The van der Waals surface area contributed by atoms with Crippen molar-refractivity contribution in [2.45, 2.75) is 57.5 Å². The lowest BCUT2D eigenvalue weighted by atomic mass is 9.77. The maximum atomic E-state index is 11.6. The zero-order chi connectivity index (χ0) is 13.9. The van der Waals surface area contributed by atoms with Gasteiger partial charge in [-0.05, 0) is 37.5 Å². The monoisotopic (exact) mass is 266 g/mol. The number of hydrogen-bond acceptors (Lipinski definition) is 3. The van der Waals surface area contributed by atoms with Crippen molar-refractivity contribution in [1.29, 1.82) is 0 Å². The predicted octanol–water partition coefficient (Wildman–Crippen LogP) is 2.92. The first-order valence-corrected chi connectivity index (χ1v) is 7.19. The van der Waals surface area contributed by atoms with Gasteiger partial charge in [-0.25, -0.2) is 9.59 Å². The zero-order valence-electron chi connectivity index (χ0n) is 11.4. The van der Waals surface area contributed by atoms with Crippen LogP contribution < -0.4 is 0 Å². The number of aliphatic carboxylic acids is 1. The molecule has 4 heteroatoms. The third-order valence-electron chi connectivity index (χ3n) is 4.58. The Kier molecular flexibility index (Phi) is 4.27. The van der Waals surface area contributed by atoms with E-state index < -0.39 is 11.9 Å². The third kappa shape index (κ3) is 3.58. The van der Waals surface area contributed by atoms with Gasteiger partial charge < -0.3 is 9.84 Å². The summed E-state index contributed by atoms with van der Waals surface area (Å²) in [4.78, 5) is 22.0. The molecule has 0 aromatic rings. The van der Waals surface area contributed by atoms with Gasteiger partial charge in [0.25, 0.3) is 0 Å². The number of rotatable bonds is 5. The molecular weight excluding hydrogens is 244 g/mol. The minimum Gasteiger partial charge on any atom is -0.478 e. The maximum absolute atomic E-state index is 11.6. The molecule has 106 valence electrons. The minimum atomic E-state index is -1.12. The Balaban J connectivity index is 1.86. The molecule has 2 aliphatic carbocycles. The fourth-order valence-corrected chi connectivity index (χ4v) is 3.19. The van der Waals surface area contributed by atoms with Crippen molar-refractivity contribution in [2.24, 2.45) is 11.8 Å². The van der Waals surface area contributed by atoms with Gasteiger partial charge in [-0.15, -0.1) is 0 Å². The fourth-order valence-electron chi connectivity index (χ4n) is 3.19. The minimum absolute atomic E-state index is 0.279. The predicted molar refractivity (Wildman–Crippen MR) is 70.6 cm³/mol. The third-order valence-corrected chi connectivity index (χ3v) is 4.58. The van der Waals surface area contributed by atoms with Crippen LogP contribution in [0.3, 0.4) is 0 Å². The van der Waals surface area contributed by atoms with E-state index in [-0.39, 0.29) is 5.60 Å². The normalized spacial score (nSPS) is 29.1. The van der Waals surface area contributed by atoms with E-state index in [4.69, 9.17) is 9.84 Å². The van der Waals surface area contributed by atoms with Gasteiger partial charge in [0.1, 0.15) is 5.60 Å². The highest BCUT2D eigenvalue weighted by atomic mass is 16.6. The molecule has 0 radical (unpaired) electrons. The standard InChI is InChI=1S/C15H22O4/c1-2-11-3-5-12(6-4-11)15(9-10-15)19-14(18)8-7-13(16)17/h7-8,11-12H,2-6,9-10H2,1H3,(H,16,17)/b8-7+. The Morgan fingerprint density at radius 2 is 1.84 bits per heavy atom. The van der Waals surface area contributed by atoms with Crippen LogP contribution in [0, 0.1) is 11.8 Å². The van der Waals surface area contributed by atoms with Gasteiger partial charge in [0, 0.05) is 12.2 Å². The van der Waals surface area contributed by atoms with Crippen LogP contribution in [0.1, 0.15) is 51.9 Å². The number of carboxylic acids is 1. The second-order valence-corrected chi connectivity index (χ2v) is 5.78. The van der Waals surface area contributed by atoms with Crippen LogP contribution in [0.15, 0.2) is 12.2 Å². The lowest BCUT2D eigenvalue weighted by molar-refractivity contribution is -0.150. The van der Waals surface area contributed by atoms with Crippen molar-refractivity contribution in [3.05, 3.63) is 12.2 Å². The highest BCUT2D eigenvalue weighted by Crippen LogP contribution is 2.52. The SMILES string of the molecule is CCC1CCC(C2(OC(=O)/C=C/C(=O)O)CC2)CC1. The molecule has 0 heterocycles. The summed E-state index contributed by atoms with van der Waals surface area (Å²) in [6, 6.07) is 0. The van der Waals surface area contributed by atoms with Gasteiger partial charge >= 0.3 is 11.9 Å². The fraction of sp³-hybridized carbons (Fsp3) is 0.733. The van der Waals surface area contributed by atoms with E-state index in [0.29, 0.717) is 5.92 Å². The summed E-state index contributed by atoms with van der Waals surface area (Å²) in [5.41, 5.74) is -0.279. The second-order valence-electron chi connectivity index (χ2n) is 5.78. The van der Waals surface area contributed by atoms with E-state index in [0.717, 1.165) is 43.8 Å². The van der Waals surface area contributed by atoms with E-state index in [9.17, 15) is 9.59 Å². The molecule has 2 saturated carbocycles. The lowest BCUT2D eigenvalue weighted by Gasteiger charge is -2.33. The Labute approximate surface area is 113 Å². The van der Waals surface area contributed by atoms with Crippen LogP contribution in [0.5, 0.6) is 0 Å². The molecule has 0 aliphatic heterocycles. The highest BCUT2D eigenvalue weighted by molar-refractivity contribution is 5.91. The molecule has 0 amide bonds. The first-order chi connectivity index (χ1) is 9.05. The molecule has 2 fully saturated rings. The summed E-state index contributed by atoms with van der Waals surface area (Å²) in [6.45, 7) is 2.23. The average Bonchev–Trinajstić information content (AvgIpc) is 3.17. The number of ether oxygens (including phenoxy) is 1. The van der Waals surface area contributed by atoms with Crippen LogP contribution in [0.2, 0.25) is 0 Å². The summed E-state index contributed by atoms with van der Waals surface area (Å²) >= 11 is 0. The van der Waals surface area contributed by atoms with E-state index in [1.807, 2.05) is 0 Å². The summed E-state index contributed by atoms with van der Waals surface area (Å²) in [7, 11) is 0. The van der Waals surface area contributed by atoms with Gasteiger partial charge in [0.15, 0.2) is 0 Å². The van der Waals surface area contributed by atoms with Crippen molar-refractivity contribution in [3.8, 4) is 0 Å². The van der Waals surface area contributed by atoms with E-state index in [1.54, 1.807) is 0 Å². The highest BCUT2D eigenvalue weighted by Gasteiger charge is 2.53. The van der Waals surface area contributed by atoms with Gasteiger partial charge in [-0.2, -0.15) is 0 Å². The Morgan fingerprint density at radius 3 is 2.32 bits per heavy atom. The molecule has 0 aromatic carbocycles. The first-order valence-electron chi connectivity index (χ1n) is 7.19. The molecule has 0 bridgehead atoms. The molecular formula is C15H22O4. The topological polar surface area (TPSA) is 63.6 Å².